The maximum Gasteiger partial charge on any atom is 0.237 e. The zero-order chi connectivity index (χ0) is 15.6. The lowest BCUT2D eigenvalue weighted by molar-refractivity contribution is -0.136. The summed E-state index contributed by atoms with van der Waals surface area (Å²) in [7, 11) is 1.67. The molecular formula is C19H25NO2. The number of carbonyl (C=O) groups is 1. The van der Waals surface area contributed by atoms with Gasteiger partial charge >= 0.3 is 0 Å². The normalized spacial score (nSPS) is 20.6. The van der Waals surface area contributed by atoms with Crippen molar-refractivity contribution in [3.8, 4) is 5.75 Å². The molecule has 0 bridgehead atoms. The van der Waals surface area contributed by atoms with E-state index in [0.717, 1.165) is 50.1 Å². The van der Waals surface area contributed by atoms with Crippen molar-refractivity contribution in [1.82, 2.24) is 4.90 Å². The highest BCUT2D eigenvalue weighted by molar-refractivity contribution is 5.92. The van der Waals surface area contributed by atoms with Gasteiger partial charge in [0, 0.05) is 13.1 Å². The van der Waals surface area contributed by atoms with Gasteiger partial charge in [-0.25, -0.2) is 0 Å². The summed E-state index contributed by atoms with van der Waals surface area (Å²) in [6.45, 7) is 3.88. The Morgan fingerprint density at radius 2 is 1.95 bits per heavy atom. The van der Waals surface area contributed by atoms with Crippen molar-refractivity contribution in [2.24, 2.45) is 0 Å². The Morgan fingerprint density at radius 3 is 2.55 bits per heavy atom. The number of hydrogen-bond donors (Lipinski definition) is 0. The molecule has 1 heterocycles. The van der Waals surface area contributed by atoms with Gasteiger partial charge in [0.15, 0.2) is 0 Å². The van der Waals surface area contributed by atoms with Crippen LogP contribution in [0.15, 0.2) is 35.9 Å². The molecule has 1 aromatic carbocycles. The number of ether oxygens (including phenoxy) is 1. The number of carbonyl (C=O) groups excluding carboxylic acids is 1. The molecule has 0 N–H and O–H groups in total. The predicted octanol–water partition coefficient (Wildman–Crippen LogP) is 3.69. The van der Waals surface area contributed by atoms with E-state index < -0.39 is 5.41 Å². The van der Waals surface area contributed by atoms with Gasteiger partial charge in [-0.2, -0.15) is 0 Å². The Bertz CT molecular complexity index is 587. The number of methoxy groups -OCH3 is 1. The molecule has 3 heteroatoms. The molecule has 0 saturated carbocycles. The van der Waals surface area contributed by atoms with Gasteiger partial charge in [0.05, 0.1) is 12.5 Å². The molecule has 1 aromatic rings. The summed E-state index contributed by atoms with van der Waals surface area (Å²) < 4.78 is 5.36. The van der Waals surface area contributed by atoms with Crippen molar-refractivity contribution in [3.63, 3.8) is 0 Å². The van der Waals surface area contributed by atoms with Gasteiger partial charge < -0.3 is 9.64 Å². The third-order valence-corrected chi connectivity index (χ3v) is 5.16. The highest BCUT2D eigenvalue weighted by Crippen LogP contribution is 2.42. The molecule has 1 fully saturated rings. The second-order valence-corrected chi connectivity index (χ2v) is 6.48. The Hall–Kier alpha value is -1.77. The van der Waals surface area contributed by atoms with E-state index in [9.17, 15) is 4.79 Å². The zero-order valence-corrected chi connectivity index (χ0v) is 13.6. The van der Waals surface area contributed by atoms with Gasteiger partial charge in [-0.15, -0.1) is 0 Å². The van der Waals surface area contributed by atoms with Gasteiger partial charge in [-0.1, -0.05) is 23.8 Å². The van der Waals surface area contributed by atoms with Crippen LogP contribution in [0.1, 0.15) is 44.6 Å². The van der Waals surface area contributed by atoms with Crippen LogP contribution < -0.4 is 4.74 Å². The third-order valence-electron chi connectivity index (χ3n) is 5.16. The quantitative estimate of drug-likeness (QED) is 0.794. The molecule has 0 radical (unpaired) electrons. The number of amides is 1. The van der Waals surface area contributed by atoms with Crippen LogP contribution in [-0.2, 0) is 10.2 Å². The molecule has 2 aliphatic rings. The Labute approximate surface area is 133 Å². The Morgan fingerprint density at radius 1 is 1.23 bits per heavy atom. The van der Waals surface area contributed by atoms with Crippen LogP contribution in [0.5, 0.6) is 5.75 Å². The van der Waals surface area contributed by atoms with Crippen molar-refractivity contribution < 1.29 is 9.53 Å². The average Bonchev–Trinajstić information content (AvgIpc) is 2.53. The fourth-order valence-corrected chi connectivity index (χ4v) is 3.54. The number of nitrogens with zero attached hydrogens (tertiary/aromatic N) is 1. The summed E-state index contributed by atoms with van der Waals surface area (Å²) in [5, 5.41) is 0. The summed E-state index contributed by atoms with van der Waals surface area (Å²) >= 11 is 0. The fraction of sp³-hybridized carbons (Fsp3) is 0.526. The van der Waals surface area contributed by atoms with Crippen LogP contribution >= 0.6 is 0 Å². The van der Waals surface area contributed by atoms with Crippen molar-refractivity contribution in [3.05, 3.63) is 41.5 Å². The number of likely N-dealkylation sites (tertiary alicyclic amines) is 1. The molecule has 22 heavy (non-hydrogen) atoms. The highest BCUT2D eigenvalue weighted by Gasteiger charge is 2.43. The number of hydrogen-bond acceptors (Lipinski definition) is 2. The summed E-state index contributed by atoms with van der Waals surface area (Å²) in [4.78, 5) is 15.4. The standard InChI is InChI=1S/C19H25NO2/c1-19(15-8-6-9-15,16-10-7-11-17(14-16)22-2)18(21)20-12-4-3-5-13-20/h7-8,10-11,14H,3-6,9,12-13H2,1-2H3. The maximum absolute atomic E-state index is 13.3. The molecule has 1 unspecified atom stereocenters. The minimum atomic E-state index is -0.538. The molecule has 1 saturated heterocycles. The first kappa shape index (κ1) is 15.1. The lowest BCUT2D eigenvalue weighted by Crippen LogP contribution is -2.49. The zero-order valence-electron chi connectivity index (χ0n) is 13.6. The van der Waals surface area contributed by atoms with Crippen molar-refractivity contribution in [1.29, 1.82) is 0 Å². The van der Waals surface area contributed by atoms with Gasteiger partial charge in [0.2, 0.25) is 5.91 Å². The lowest BCUT2D eigenvalue weighted by atomic mass is 9.69. The number of piperidine rings is 1. The molecule has 0 spiro atoms. The molecule has 1 aliphatic heterocycles. The number of benzene rings is 1. The second-order valence-electron chi connectivity index (χ2n) is 6.48. The molecule has 3 nitrogen and oxygen atoms in total. The van der Waals surface area contributed by atoms with Crippen LogP contribution in [0.3, 0.4) is 0 Å². The molecule has 1 atom stereocenters. The van der Waals surface area contributed by atoms with E-state index in [0.29, 0.717) is 0 Å². The molecule has 1 amide bonds. The number of rotatable bonds is 4. The summed E-state index contributed by atoms with van der Waals surface area (Å²) in [5.74, 6) is 1.07. The van der Waals surface area contributed by atoms with Crippen molar-refractivity contribution in [2.75, 3.05) is 20.2 Å². The van der Waals surface area contributed by atoms with Gasteiger partial charge in [0.1, 0.15) is 5.75 Å². The van der Waals surface area contributed by atoms with E-state index in [4.69, 9.17) is 4.74 Å². The van der Waals surface area contributed by atoms with Gasteiger partial charge in [0.25, 0.3) is 0 Å². The van der Waals surface area contributed by atoms with Crippen molar-refractivity contribution >= 4 is 5.91 Å². The minimum Gasteiger partial charge on any atom is -0.497 e. The van der Waals surface area contributed by atoms with E-state index in [1.54, 1.807) is 7.11 Å². The van der Waals surface area contributed by atoms with Gasteiger partial charge in [-0.05, 0) is 56.7 Å². The average molecular weight is 299 g/mol. The second kappa shape index (κ2) is 6.15. The Balaban J connectivity index is 1.98. The molecular weight excluding hydrogens is 274 g/mol. The summed E-state index contributed by atoms with van der Waals surface area (Å²) in [6, 6.07) is 7.99. The third kappa shape index (κ3) is 2.53. The molecule has 1 aliphatic carbocycles. The largest absolute Gasteiger partial charge is 0.497 e. The number of allylic oxidation sites excluding steroid dienone is 1. The van der Waals surface area contributed by atoms with E-state index in [2.05, 4.69) is 24.0 Å². The minimum absolute atomic E-state index is 0.256. The van der Waals surface area contributed by atoms with E-state index in [-0.39, 0.29) is 5.91 Å². The first-order valence-electron chi connectivity index (χ1n) is 8.29. The van der Waals surface area contributed by atoms with Crippen LogP contribution in [0, 0.1) is 0 Å². The SMILES string of the molecule is COc1cccc(C(C)(C(=O)N2CCCCC2)C2=CCC2)c1. The summed E-state index contributed by atoms with van der Waals surface area (Å²) in [5.41, 5.74) is 1.77. The van der Waals surface area contributed by atoms with E-state index in [1.807, 2.05) is 18.2 Å². The van der Waals surface area contributed by atoms with Crippen LogP contribution in [0.4, 0.5) is 0 Å². The Kier molecular flexibility index (Phi) is 4.23. The lowest BCUT2D eigenvalue weighted by Gasteiger charge is -2.40. The first-order chi connectivity index (χ1) is 10.7. The smallest absolute Gasteiger partial charge is 0.237 e. The van der Waals surface area contributed by atoms with Crippen LogP contribution in [-0.4, -0.2) is 31.0 Å². The van der Waals surface area contributed by atoms with Crippen LogP contribution in [0.2, 0.25) is 0 Å². The summed E-state index contributed by atoms with van der Waals surface area (Å²) in [6.07, 6.45) is 7.82. The first-order valence-corrected chi connectivity index (χ1v) is 8.29. The molecule has 118 valence electrons. The predicted molar refractivity (Wildman–Crippen MR) is 88.1 cm³/mol. The molecule has 3 rings (SSSR count). The fourth-order valence-electron chi connectivity index (χ4n) is 3.54. The van der Waals surface area contributed by atoms with Gasteiger partial charge in [-0.3, -0.25) is 4.79 Å². The highest BCUT2D eigenvalue weighted by atomic mass is 16.5. The monoisotopic (exact) mass is 299 g/mol. The van der Waals surface area contributed by atoms with E-state index in [1.165, 1.54) is 12.0 Å². The molecule has 0 aromatic heterocycles. The topological polar surface area (TPSA) is 29.5 Å². The van der Waals surface area contributed by atoms with Crippen LogP contribution in [0.25, 0.3) is 0 Å². The maximum atomic E-state index is 13.3. The van der Waals surface area contributed by atoms with Crippen molar-refractivity contribution in [2.45, 2.75) is 44.4 Å². The van der Waals surface area contributed by atoms with E-state index >= 15 is 0 Å².